The average molecular weight is 240 g/mol. The van der Waals surface area contributed by atoms with E-state index >= 15 is 0 Å². The smallest absolute Gasteiger partial charge is 0.264 e. The minimum atomic E-state index is -3.34. The Kier molecular flexibility index (Phi) is 7.95. The van der Waals surface area contributed by atoms with Crippen molar-refractivity contribution in [3.05, 3.63) is 0 Å². The van der Waals surface area contributed by atoms with E-state index in [4.69, 9.17) is 9.47 Å². The molecule has 0 bridgehead atoms. The first-order valence-corrected chi connectivity index (χ1v) is 6.81. The quantitative estimate of drug-likeness (QED) is 0.440. The van der Waals surface area contributed by atoms with Crippen LogP contribution >= 0.6 is 0 Å². The van der Waals surface area contributed by atoms with Gasteiger partial charge in [0, 0.05) is 13.2 Å². The molecule has 0 aromatic carbocycles. The van der Waals surface area contributed by atoms with Gasteiger partial charge in [-0.1, -0.05) is 0 Å². The van der Waals surface area contributed by atoms with Crippen LogP contribution < -0.4 is 0 Å². The van der Waals surface area contributed by atoms with Gasteiger partial charge in [-0.2, -0.15) is 8.42 Å². The fourth-order valence-electron chi connectivity index (χ4n) is 0.964. The monoisotopic (exact) mass is 240 g/mol. The zero-order valence-electron chi connectivity index (χ0n) is 9.56. The predicted octanol–water partition coefficient (Wildman–Crippen LogP) is 0.794. The van der Waals surface area contributed by atoms with Gasteiger partial charge in [0.25, 0.3) is 10.1 Å². The fourth-order valence-corrected chi connectivity index (χ4v) is 1.33. The molecule has 0 aliphatic rings. The van der Waals surface area contributed by atoms with Crippen molar-refractivity contribution in [1.29, 1.82) is 0 Å². The zero-order chi connectivity index (χ0) is 11.7. The summed E-state index contributed by atoms with van der Waals surface area (Å²) in [6.45, 7) is 5.51. The second-order valence-electron chi connectivity index (χ2n) is 3.19. The first-order valence-electron chi connectivity index (χ1n) is 4.99. The maximum absolute atomic E-state index is 10.6. The van der Waals surface area contributed by atoms with E-state index < -0.39 is 10.1 Å². The van der Waals surface area contributed by atoms with Crippen molar-refractivity contribution in [2.75, 3.05) is 32.7 Å². The van der Waals surface area contributed by atoms with Crippen molar-refractivity contribution in [3.8, 4) is 0 Å². The summed E-state index contributed by atoms with van der Waals surface area (Å²) in [5, 5.41) is 0. The van der Waals surface area contributed by atoms with E-state index in [1.807, 2.05) is 13.8 Å². The molecular formula is C9H20O5S. The van der Waals surface area contributed by atoms with Crippen LogP contribution in [0.15, 0.2) is 0 Å². The second kappa shape index (κ2) is 8.04. The van der Waals surface area contributed by atoms with E-state index in [1.165, 1.54) is 0 Å². The lowest BCUT2D eigenvalue weighted by atomic mass is 10.3. The van der Waals surface area contributed by atoms with Gasteiger partial charge in [-0.15, -0.1) is 0 Å². The van der Waals surface area contributed by atoms with Gasteiger partial charge in [-0.3, -0.25) is 4.18 Å². The van der Waals surface area contributed by atoms with E-state index in [-0.39, 0.29) is 19.3 Å². The van der Waals surface area contributed by atoms with Crippen molar-refractivity contribution in [2.45, 2.75) is 26.4 Å². The molecule has 0 saturated carbocycles. The van der Waals surface area contributed by atoms with Gasteiger partial charge in [0.05, 0.1) is 25.6 Å². The van der Waals surface area contributed by atoms with Crippen LogP contribution in [0, 0.1) is 0 Å². The largest absolute Gasteiger partial charge is 0.379 e. The van der Waals surface area contributed by atoms with Crippen LogP contribution in [0.2, 0.25) is 0 Å². The molecule has 0 aliphatic carbocycles. The Labute approximate surface area is 91.8 Å². The van der Waals surface area contributed by atoms with Crippen LogP contribution in [0.25, 0.3) is 0 Å². The highest BCUT2D eigenvalue weighted by atomic mass is 32.2. The Morgan fingerprint density at radius 2 is 1.87 bits per heavy atom. The highest BCUT2D eigenvalue weighted by Crippen LogP contribution is 1.97. The van der Waals surface area contributed by atoms with Crippen molar-refractivity contribution in [1.82, 2.24) is 0 Å². The lowest BCUT2D eigenvalue weighted by Crippen LogP contribution is -2.14. The van der Waals surface area contributed by atoms with E-state index in [0.29, 0.717) is 13.2 Å². The molecule has 0 aromatic heterocycles. The van der Waals surface area contributed by atoms with E-state index in [9.17, 15) is 8.42 Å². The third-order valence-corrected chi connectivity index (χ3v) is 2.24. The molecule has 0 spiro atoms. The third kappa shape index (κ3) is 11.8. The van der Waals surface area contributed by atoms with Crippen molar-refractivity contribution in [3.63, 3.8) is 0 Å². The van der Waals surface area contributed by atoms with Gasteiger partial charge >= 0.3 is 0 Å². The normalized spacial score (nSPS) is 14.1. The third-order valence-electron chi connectivity index (χ3n) is 1.64. The van der Waals surface area contributed by atoms with Gasteiger partial charge in [0.1, 0.15) is 0 Å². The summed E-state index contributed by atoms with van der Waals surface area (Å²) >= 11 is 0. The number of hydrogen-bond donors (Lipinski definition) is 0. The van der Waals surface area contributed by atoms with Crippen LogP contribution in [0.3, 0.4) is 0 Å². The molecule has 0 heterocycles. The summed E-state index contributed by atoms with van der Waals surface area (Å²) in [5.74, 6) is 0. The minimum absolute atomic E-state index is 0.0713. The molecule has 92 valence electrons. The van der Waals surface area contributed by atoms with Crippen LogP contribution in [0.5, 0.6) is 0 Å². The Morgan fingerprint density at radius 1 is 1.20 bits per heavy atom. The molecule has 6 heteroatoms. The Morgan fingerprint density at radius 3 is 2.40 bits per heavy atom. The van der Waals surface area contributed by atoms with Gasteiger partial charge in [0.15, 0.2) is 0 Å². The Bertz CT molecular complexity index is 237. The molecule has 15 heavy (non-hydrogen) atoms. The fraction of sp³-hybridized carbons (Fsp3) is 1.00. The minimum Gasteiger partial charge on any atom is -0.379 e. The van der Waals surface area contributed by atoms with E-state index in [1.54, 1.807) is 0 Å². The molecule has 5 nitrogen and oxygen atoms in total. The van der Waals surface area contributed by atoms with Crippen LogP contribution in [-0.4, -0.2) is 47.2 Å². The second-order valence-corrected chi connectivity index (χ2v) is 4.84. The van der Waals surface area contributed by atoms with E-state index in [0.717, 1.165) is 12.7 Å². The molecule has 0 aliphatic heterocycles. The maximum atomic E-state index is 10.6. The standard InChI is InChI=1S/C9H20O5S/c1-4-13-9(2)5-6-12-7-8-14-15(3,10)11/h9H,4-8H2,1-3H3. The number of ether oxygens (including phenoxy) is 2. The Balaban J connectivity index is 3.25. The number of hydrogen-bond acceptors (Lipinski definition) is 5. The van der Waals surface area contributed by atoms with Crippen LogP contribution in [0.1, 0.15) is 20.3 Å². The lowest BCUT2D eigenvalue weighted by molar-refractivity contribution is 0.0322. The van der Waals surface area contributed by atoms with Crippen LogP contribution in [0.4, 0.5) is 0 Å². The topological polar surface area (TPSA) is 61.8 Å². The highest BCUT2D eigenvalue weighted by Gasteiger charge is 2.02. The van der Waals surface area contributed by atoms with Crippen LogP contribution in [-0.2, 0) is 23.8 Å². The molecule has 0 N–H and O–H groups in total. The summed E-state index contributed by atoms with van der Waals surface area (Å²) < 4.78 is 36.1. The summed E-state index contributed by atoms with van der Waals surface area (Å²) in [6, 6.07) is 0. The number of rotatable bonds is 9. The molecule has 0 rings (SSSR count). The van der Waals surface area contributed by atoms with Gasteiger partial charge in [-0.25, -0.2) is 0 Å². The summed E-state index contributed by atoms with van der Waals surface area (Å²) in [4.78, 5) is 0. The van der Waals surface area contributed by atoms with Gasteiger partial charge < -0.3 is 9.47 Å². The molecular weight excluding hydrogens is 220 g/mol. The first kappa shape index (κ1) is 14.8. The van der Waals surface area contributed by atoms with Crippen molar-refractivity contribution >= 4 is 10.1 Å². The van der Waals surface area contributed by atoms with Gasteiger partial charge in [-0.05, 0) is 20.3 Å². The van der Waals surface area contributed by atoms with Crippen molar-refractivity contribution in [2.24, 2.45) is 0 Å². The van der Waals surface area contributed by atoms with Crippen molar-refractivity contribution < 1.29 is 22.1 Å². The first-order chi connectivity index (χ1) is 6.95. The molecule has 1 unspecified atom stereocenters. The lowest BCUT2D eigenvalue weighted by Gasteiger charge is -2.11. The molecule has 0 aromatic rings. The molecule has 0 radical (unpaired) electrons. The highest BCUT2D eigenvalue weighted by molar-refractivity contribution is 7.85. The predicted molar refractivity (Wildman–Crippen MR) is 57.3 cm³/mol. The molecule has 0 fully saturated rings. The SMILES string of the molecule is CCOC(C)CCOCCOS(C)(=O)=O. The van der Waals surface area contributed by atoms with E-state index in [2.05, 4.69) is 4.18 Å². The summed E-state index contributed by atoms with van der Waals surface area (Å²) in [5.41, 5.74) is 0. The molecule has 0 saturated heterocycles. The maximum Gasteiger partial charge on any atom is 0.264 e. The summed E-state index contributed by atoms with van der Waals surface area (Å²) in [7, 11) is -3.34. The van der Waals surface area contributed by atoms with Gasteiger partial charge in [0.2, 0.25) is 0 Å². The Hall–Kier alpha value is -0.170. The molecule has 0 amide bonds. The molecule has 1 atom stereocenters. The summed E-state index contributed by atoms with van der Waals surface area (Å²) in [6.07, 6.45) is 1.99. The average Bonchev–Trinajstić information content (AvgIpc) is 2.09. The zero-order valence-corrected chi connectivity index (χ0v) is 10.4.